The van der Waals surface area contributed by atoms with Crippen LogP contribution in [0.15, 0.2) is 29.2 Å². The second-order valence-corrected chi connectivity index (χ2v) is 5.79. The zero-order valence-electron chi connectivity index (χ0n) is 8.14. The normalized spacial score (nSPS) is 13.7. The highest BCUT2D eigenvalue weighted by Crippen LogP contribution is 2.21. The Hall–Kier alpha value is -0.680. The van der Waals surface area contributed by atoms with Crippen LogP contribution in [0.4, 0.5) is 0 Å². The molecule has 0 saturated heterocycles. The van der Waals surface area contributed by atoms with Crippen molar-refractivity contribution in [2.45, 2.75) is 11.8 Å². The van der Waals surface area contributed by atoms with Gasteiger partial charge in [0, 0.05) is 5.30 Å². The van der Waals surface area contributed by atoms with Crippen molar-refractivity contribution in [2.24, 2.45) is 5.14 Å². The van der Waals surface area contributed by atoms with Crippen molar-refractivity contribution in [2.75, 3.05) is 6.61 Å². The maximum absolute atomic E-state index is 11.4. The van der Waals surface area contributed by atoms with E-state index in [-0.39, 0.29) is 4.90 Å². The van der Waals surface area contributed by atoms with Gasteiger partial charge in [-0.05, 0) is 31.2 Å². The molecule has 1 aromatic carbocycles. The molecule has 0 bridgehead atoms. The van der Waals surface area contributed by atoms with Gasteiger partial charge in [-0.1, -0.05) is 0 Å². The van der Waals surface area contributed by atoms with Gasteiger partial charge in [-0.25, -0.2) is 13.6 Å². The molecule has 15 heavy (non-hydrogen) atoms. The predicted molar refractivity (Wildman–Crippen MR) is 58.1 cm³/mol. The van der Waals surface area contributed by atoms with Gasteiger partial charge in [0.2, 0.25) is 18.1 Å². The summed E-state index contributed by atoms with van der Waals surface area (Å²) in [5.41, 5.74) is 0. The van der Waals surface area contributed by atoms with Gasteiger partial charge in [0.15, 0.2) is 0 Å². The zero-order chi connectivity index (χ0) is 11.5. The molecule has 5 nitrogen and oxygen atoms in total. The average Bonchev–Trinajstić information content (AvgIpc) is 2.17. The molecular weight excluding hydrogens is 237 g/mol. The predicted octanol–water partition coefficient (Wildman–Crippen LogP) is 0.471. The highest BCUT2D eigenvalue weighted by atomic mass is 32.2. The quantitative estimate of drug-likeness (QED) is 0.786. The van der Waals surface area contributed by atoms with Crippen molar-refractivity contribution in [1.82, 2.24) is 0 Å². The third-order valence-electron chi connectivity index (χ3n) is 1.69. The third kappa shape index (κ3) is 3.43. The minimum Gasteiger partial charge on any atom is -0.328 e. The summed E-state index contributed by atoms with van der Waals surface area (Å²) in [7, 11) is -5.95. The van der Waals surface area contributed by atoms with Gasteiger partial charge in [0.25, 0.3) is 0 Å². The van der Waals surface area contributed by atoms with Crippen molar-refractivity contribution in [1.29, 1.82) is 0 Å². The Labute approximate surface area is 89.2 Å². The molecule has 0 heterocycles. The highest BCUT2D eigenvalue weighted by molar-refractivity contribution is 7.89. The van der Waals surface area contributed by atoms with E-state index in [9.17, 15) is 13.0 Å². The summed E-state index contributed by atoms with van der Waals surface area (Å²) in [6.45, 7) is 2.09. The van der Waals surface area contributed by atoms with Gasteiger partial charge in [-0.3, -0.25) is 4.57 Å². The lowest BCUT2D eigenvalue weighted by molar-refractivity contribution is 0.357. The van der Waals surface area contributed by atoms with E-state index in [0.29, 0.717) is 11.9 Å². The largest absolute Gasteiger partial charge is 0.328 e. The maximum atomic E-state index is 11.4. The fourth-order valence-electron chi connectivity index (χ4n) is 0.995. The molecule has 0 aliphatic heterocycles. The third-order valence-corrected chi connectivity index (χ3v) is 3.98. The Morgan fingerprint density at radius 2 is 1.87 bits per heavy atom. The van der Waals surface area contributed by atoms with Gasteiger partial charge in [0.05, 0.1) is 11.5 Å². The number of sulfonamides is 1. The first-order chi connectivity index (χ1) is 6.95. The van der Waals surface area contributed by atoms with Gasteiger partial charge >= 0.3 is 0 Å². The number of benzene rings is 1. The SMILES string of the molecule is CCO[PH](=O)c1ccc(S(N)(=O)=O)cc1. The summed E-state index contributed by atoms with van der Waals surface area (Å²) in [5.74, 6) is 0. The minimum atomic E-state index is -3.69. The summed E-state index contributed by atoms with van der Waals surface area (Å²) in [4.78, 5) is -0.00227. The van der Waals surface area contributed by atoms with E-state index in [1.807, 2.05) is 0 Å². The summed E-state index contributed by atoms with van der Waals surface area (Å²) in [6.07, 6.45) is 0. The lowest BCUT2D eigenvalue weighted by Crippen LogP contribution is -2.12. The van der Waals surface area contributed by atoms with Crippen LogP contribution in [0.5, 0.6) is 0 Å². The van der Waals surface area contributed by atoms with Gasteiger partial charge < -0.3 is 4.52 Å². The van der Waals surface area contributed by atoms with Crippen molar-refractivity contribution >= 4 is 23.4 Å². The van der Waals surface area contributed by atoms with Crippen LogP contribution < -0.4 is 10.4 Å². The van der Waals surface area contributed by atoms with Crippen LogP contribution in [-0.2, 0) is 19.1 Å². The molecule has 0 aliphatic carbocycles. The van der Waals surface area contributed by atoms with Crippen LogP contribution in [0.3, 0.4) is 0 Å². The van der Waals surface area contributed by atoms with Gasteiger partial charge in [0.1, 0.15) is 0 Å². The number of nitrogens with two attached hydrogens (primary N) is 1. The van der Waals surface area contributed by atoms with Gasteiger partial charge in [-0.2, -0.15) is 0 Å². The first kappa shape index (κ1) is 12.4. The molecule has 1 atom stereocenters. The molecule has 7 heteroatoms. The van der Waals surface area contributed by atoms with Crippen LogP contribution in [0.2, 0.25) is 0 Å². The van der Waals surface area contributed by atoms with Crippen LogP contribution in [0, 0.1) is 0 Å². The molecule has 1 aromatic rings. The number of hydrogen-bond acceptors (Lipinski definition) is 4. The van der Waals surface area contributed by atoms with E-state index in [2.05, 4.69) is 0 Å². The highest BCUT2D eigenvalue weighted by Gasteiger charge is 2.08. The molecule has 1 rings (SSSR count). The lowest BCUT2D eigenvalue weighted by Gasteiger charge is -2.02. The summed E-state index contributed by atoms with van der Waals surface area (Å²) >= 11 is 0. The van der Waals surface area contributed by atoms with Crippen LogP contribution in [0.1, 0.15) is 6.92 Å². The van der Waals surface area contributed by atoms with Crippen molar-refractivity contribution in [3.63, 3.8) is 0 Å². The van der Waals surface area contributed by atoms with Crippen molar-refractivity contribution in [3.8, 4) is 0 Å². The smallest absolute Gasteiger partial charge is 0.238 e. The molecule has 1 unspecified atom stereocenters. The first-order valence-corrected chi connectivity index (χ1v) is 7.11. The number of rotatable bonds is 4. The standard InChI is InChI=1S/C8H12NO4PS/c1-2-13-14(10)7-3-5-8(6-4-7)15(9,11)12/h3-6,14H,2H2,1H3,(H2,9,11,12). The molecule has 0 radical (unpaired) electrons. The average molecular weight is 249 g/mol. The Balaban J connectivity index is 2.96. The maximum Gasteiger partial charge on any atom is 0.238 e. The van der Waals surface area contributed by atoms with E-state index in [1.165, 1.54) is 24.3 Å². The Morgan fingerprint density at radius 1 is 1.33 bits per heavy atom. The Kier molecular flexibility index (Phi) is 4.04. The van der Waals surface area contributed by atoms with E-state index in [0.717, 1.165) is 0 Å². The first-order valence-electron chi connectivity index (χ1n) is 4.25. The van der Waals surface area contributed by atoms with E-state index in [4.69, 9.17) is 9.66 Å². The molecule has 84 valence electrons. The van der Waals surface area contributed by atoms with Crippen molar-refractivity contribution < 1.29 is 17.5 Å². The second-order valence-electron chi connectivity index (χ2n) is 2.79. The molecule has 0 aromatic heterocycles. The summed E-state index contributed by atoms with van der Waals surface area (Å²) in [5, 5.41) is 5.39. The van der Waals surface area contributed by atoms with Crippen LogP contribution >= 0.6 is 8.03 Å². The zero-order valence-corrected chi connectivity index (χ0v) is 9.95. The van der Waals surface area contributed by atoms with E-state index in [1.54, 1.807) is 6.92 Å². The Bertz CT molecular complexity index is 454. The second kappa shape index (κ2) is 4.90. The fraction of sp³-hybridized carbons (Fsp3) is 0.250. The minimum absolute atomic E-state index is 0.00227. The topological polar surface area (TPSA) is 86.5 Å². The summed E-state index contributed by atoms with van der Waals surface area (Å²) < 4.78 is 38.1. The van der Waals surface area contributed by atoms with Crippen molar-refractivity contribution in [3.05, 3.63) is 24.3 Å². The van der Waals surface area contributed by atoms with Crippen LogP contribution in [-0.4, -0.2) is 15.0 Å². The number of hydrogen-bond donors (Lipinski definition) is 1. The van der Waals surface area contributed by atoms with Gasteiger partial charge in [-0.15, -0.1) is 0 Å². The van der Waals surface area contributed by atoms with E-state index >= 15 is 0 Å². The summed E-state index contributed by atoms with van der Waals surface area (Å²) in [6, 6.07) is 5.51. The lowest BCUT2D eigenvalue weighted by atomic mass is 10.4. The number of primary sulfonamides is 1. The van der Waals surface area contributed by atoms with Crippen LogP contribution in [0.25, 0.3) is 0 Å². The molecule has 0 amide bonds. The molecule has 0 saturated carbocycles. The molecule has 0 spiro atoms. The fourth-order valence-corrected chi connectivity index (χ4v) is 2.38. The Morgan fingerprint density at radius 3 is 2.27 bits per heavy atom. The molecule has 2 N–H and O–H groups in total. The molecule has 0 fully saturated rings. The molecular formula is C8H12NO4PS. The molecule has 0 aliphatic rings. The monoisotopic (exact) mass is 249 g/mol. The van der Waals surface area contributed by atoms with E-state index < -0.39 is 18.1 Å².